The van der Waals surface area contributed by atoms with Gasteiger partial charge < -0.3 is 9.84 Å². The lowest BCUT2D eigenvalue weighted by atomic mass is 10.1. The number of benzene rings is 1. The van der Waals surface area contributed by atoms with Crippen LogP contribution in [0.2, 0.25) is 0 Å². The molecule has 0 spiro atoms. The maximum Gasteiger partial charge on any atom is 0.303 e. The standard InChI is InChI=1S/C21H22N2O4S/c1-27-15-8-3-2-6-13(15)12-17-22-20-19(14-7-4-9-16(14)28-20)21(26)23(17)11-5-10-18(24)25/h2-3,6,8H,4-5,7,9-12H2,1H3,(H,24,25). The first-order chi connectivity index (χ1) is 13.6. The van der Waals surface area contributed by atoms with Gasteiger partial charge in [0.1, 0.15) is 16.4 Å². The molecule has 0 unspecified atom stereocenters. The number of hydrogen-bond donors (Lipinski definition) is 1. The zero-order valence-electron chi connectivity index (χ0n) is 15.7. The predicted molar refractivity (Wildman–Crippen MR) is 109 cm³/mol. The highest BCUT2D eigenvalue weighted by atomic mass is 32.1. The van der Waals surface area contributed by atoms with Gasteiger partial charge in [-0.1, -0.05) is 18.2 Å². The molecule has 1 N–H and O–H groups in total. The van der Waals surface area contributed by atoms with Gasteiger partial charge in [-0.2, -0.15) is 0 Å². The van der Waals surface area contributed by atoms with Crippen molar-refractivity contribution in [3.8, 4) is 5.75 Å². The van der Waals surface area contributed by atoms with Gasteiger partial charge in [0.15, 0.2) is 0 Å². The molecule has 0 saturated carbocycles. The Bertz CT molecular complexity index is 1100. The van der Waals surface area contributed by atoms with Crippen molar-refractivity contribution in [2.24, 2.45) is 0 Å². The van der Waals surface area contributed by atoms with E-state index in [1.807, 2.05) is 24.3 Å². The van der Waals surface area contributed by atoms with E-state index in [1.54, 1.807) is 23.0 Å². The van der Waals surface area contributed by atoms with Crippen molar-refractivity contribution in [1.82, 2.24) is 9.55 Å². The molecule has 2 heterocycles. The lowest BCUT2D eigenvalue weighted by molar-refractivity contribution is -0.137. The van der Waals surface area contributed by atoms with Gasteiger partial charge in [-0.3, -0.25) is 14.2 Å². The SMILES string of the molecule is COc1ccccc1Cc1nc2sc3c(c2c(=O)n1CCCC(=O)O)CCC3. The molecule has 0 saturated heterocycles. The number of ether oxygens (including phenoxy) is 1. The fourth-order valence-corrected chi connectivity index (χ4v) is 5.16. The van der Waals surface area contributed by atoms with E-state index in [0.29, 0.717) is 25.2 Å². The molecule has 1 aromatic carbocycles. The predicted octanol–water partition coefficient (Wildman–Crippen LogP) is 3.41. The van der Waals surface area contributed by atoms with E-state index in [0.717, 1.165) is 46.4 Å². The number of thiophene rings is 1. The van der Waals surface area contributed by atoms with Crippen molar-refractivity contribution < 1.29 is 14.6 Å². The lowest BCUT2D eigenvalue weighted by Gasteiger charge is -2.14. The van der Waals surface area contributed by atoms with E-state index >= 15 is 0 Å². The molecule has 6 nitrogen and oxygen atoms in total. The molecular formula is C21H22N2O4S. The Morgan fingerprint density at radius 1 is 1.32 bits per heavy atom. The molecule has 0 bridgehead atoms. The molecule has 0 fully saturated rings. The fraction of sp³-hybridized carbons (Fsp3) is 0.381. The molecule has 0 amide bonds. The van der Waals surface area contributed by atoms with Gasteiger partial charge in [0.25, 0.3) is 5.56 Å². The van der Waals surface area contributed by atoms with Crippen molar-refractivity contribution in [2.75, 3.05) is 7.11 Å². The summed E-state index contributed by atoms with van der Waals surface area (Å²) in [6.07, 6.45) is 3.90. The highest BCUT2D eigenvalue weighted by Gasteiger charge is 2.23. The highest BCUT2D eigenvalue weighted by molar-refractivity contribution is 7.18. The van der Waals surface area contributed by atoms with Crippen LogP contribution in [0.15, 0.2) is 29.1 Å². The fourth-order valence-electron chi connectivity index (χ4n) is 3.89. The van der Waals surface area contributed by atoms with Gasteiger partial charge in [0.05, 0.1) is 12.5 Å². The number of carbonyl (C=O) groups is 1. The second-order valence-electron chi connectivity index (χ2n) is 7.01. The number of nitrogens with zero attached hydrogens (tertiary/aromatic N) is 2. The topological polar surface area (TPSA) is 81.4 Å². The molecule has 3 aromatic rings. The molecule has 4 rings (SSSR count). The Balaban J connectivity index is 1.81. The lowest BCUT2D eigenvalue weighted by Crippen LogP contribution is -2.26. The minimum atomic E-state index is -0.857. The van der Waals surface area contributed by atoms with Gasteiger partial charge >= 0.3 is 5.97 Å². The summed E-state index contributed by atoms with van der Waals surface area (Å²) in [5.41, 5.74) is 2.06. The normalized spacial score (nSPS) is 13.0. The van der Waals surface area contributed by atoms with Crippen LogP contribution in [0.25, 0.3) is 10.2 Å². The average molecular weight is 398 g/mol. The Labute approximate surface area is 166 Å². The van der Waals surface area contributed by atoms with E-state index in [9.17, 15) is 9.59 Å². The Hall–Kier alpha value is -2.67. The maximum atomic E-state index is 13.3. The number of hydrogen-bond acceptors (Lipinski definition) is 5. The first kappa shape index (κ1) is 18.7. The molecule has 1 aliphatic rings. The third kappa shape index (κ3) is 3.42. The second kappa shape index (κ2) is 7.75. The number of aromatic nitrogens is 2. The number of fused-ring (bicyclic) bond motifs is 3. The van der Waals surface area contributed by atoms with Crippen LogP contribution in [0.3, 0.4) is 0 Å². The van der Waals surface area contributed by atoms with Crippen molar-refractivity contribution >= 4 is 27.5 Å². The van der Waals surface area contributed by atoms with Crippen molar-refractivity contribution in [2.45, 2.75) is 45.1 Å². The van der Waals surface area contributed by atoms with Gasteiger partial charge in [0, 0.05) is 29.8 Å². The number of carboxylic acid groups (broad SMARTS) is 1. The molecule has 0 radical (unpaired) electrons. The van der Waals surface area contributed by atoms with E-state index in [1.165, 1.54) is 4.88 Å². The Kier molecular flexibility index (Phi) is 5.17. The minimum absolute atomic E-state index is 0.0281. The molecule has 2 aromatic heterocycles. The van der Waals surface area contributed by atoms with Crippen LogP contribution >= 0.6 is 11.3 Å². The van der Waals surface area contributed by atoms with E-state index in [-0.39, 0.29) is 12.0 Å². The van der Waals surface area contributed by atoms with Crippen LogP contribution in [0.5, 0.6) is 5.75 Å². The van der Waals surface area contributed by atoms with Crippen LogP contribution in [-0.2, 0) is 30.6 Å². The third-order valence-electron chi connectivity index (χ3n) is 5.22. The summed E-state index contributed by atoms with van der Waals surface area (Å²) in [5.74, 6) is 0.555. The van der Waals surface area contributed by atoms with Crippen LogP contribution in [0, 0.1) is 0 Å². The Morgan fingerprint density at radius 3 is 2.93 bits per heavy atom. The number of aliphatic carboxylic acids is 1. The smallest absolute Gasteiger partial charge is 0.303 e. The monoisotopic (exact) mass is 398 g/mol. The van der Waals surface area contributed by atoms with Gasteiger partial charge in [-0.05, 0) is 37.3 Å². The Morgan fingerprint density at radius 2 is 2.14 bits per heavy atom. The number of aryl methyl sites for hydroxylation is 2. The molecule has 28 heavy (non-hydrogen) atoms. The highest BCUT2D eigenvalue weighted by Crippen LogP contribution is 2.35. The van der Waals surface area contributed by atoms with Crippen LogP contribution < -0.4 is 10.3 Å². The summed E-state index contributed by atoms with van der Waals surface area (Å²) in [6.45, 7) is 0.350. The molecule has 0 atom stereocenters. The summed E-state index contributed by atoms with van der Waals surface area (Å²) >= 11 is 1.62. The molecule has 0 aliphatic heterocycles. The van der Waals surface area contributed by atoms with Gasteiger partial charge in [-0.15, -0.1) is 11.3 Å². The number of carboxylic acids is 1. The minimum Gasteiger partial charge on any atom is -0.496 e. The molecule has 146 valence electrons. The molecule has 7 heteroatoms. The summed E-state index contributed by atoms with van der Waals surface area (Å²) in [5, 5.41) is 9.71. The summed E-state index contributed by atoms with van der Waals surface area (Å²) < 4.78 is 7.12. The van der Waals surface area contributed by atoms with Gasteiger partial charge in [-0.25, -0.2) is 4.98 Å². The van der Waals surface area contributed by atoms with Crippen LogP contribution in [-0.4, -0.2) is 27.7 Å². The number of methoxy groups -OCH3 is 1. The van der Waals surface area contributed by atoms with E-state index in [4.69, 9.17) is 14.8 Å². The zero-order chi connectivity index (χ0) is 19.7. The van der Waals surface area contributed by atoms with Crippen LogP contribution in [0.4, 0.5) is 0 Å². The molecule has 1 aliphatic carbocycles. The van der Waals surface area contributed by atoms with E-state index in [2.05, 4.69) is 0 Å². The van der Waals surface area contributed by atoms with E-state index < -0.39 is 5.97 Å². The van der Waals surface area contributed by atoms with Gasteiger partial charge in [0.2, 0.25) is 0 Å². The van der Waals surface area contributed by atoms with Crippen molar-refractivity contribution in [3.05, 3.63) is 56.4 Å². The zero-order valence-corrected chi connectivity index (χ0v) is 16.6. The quantitative estimate of drug-likeness (QED) is 0.660. The van der Waals surface area contributed by atoms with Crippen molar-refractivity contribution in [1.29, 1.82) is 0 Å². The molecular weight excluding hydrogens is 376 g/mol. The average Bonchev–Trinajstić information content (AvgIpc) is 3.25. The summed E-state index contributed by atoms with van der Waals surface area (Å²) in [7, 11) is 1.62. The van der Waals surface area contributed by atoms with Crippen LogP contribution in [0.1, 0.15) is 41.1 Å². The summed E-state index contributed by atoms with van der Waals surface area (Å²) in [6, 6.07) is 7.69. The third-order valence-corrected chi connectivity index (χ3v) is 6.40. The second-order valence-corrected chi connectivity index (χ2v) is 8.09. The first-order valence-electron chi connectivity index (χ1n) is 9.46. The largest absolute Gasteiger partial charge is 0.496 e. The van der Waals surface area contributed by atoms with Crippen molar-refractivity contribution in [3.63, 3.8) is 0 Å². The number of rotatable bonds is 7. The first-order valence-corrected chi connectivity index (χ1v) is 10.3. The summed E-state index contributed by atoms with van der Waals surface area (Å²) in [4.78, 5) is 31.2. The number of para-hydroxylation sites is 1. The maximum absolute atomic E-state index is 13.3.